The highest BCUT2D eigenvalue weighted by molar-refractivity contribution is 5.55. The van der Waals surface area contributed by atoms with Crippen LogP contribution in [0.1, 0.15) is 43.7 Å². The molecule has 4 heteroatoms. The maximum atomic E-state index is 10.3. The summed E-state index contributed by atoms with van der Waals surface area (Å²) in [6, 6.07) is 4.29. The third-order valence-electron chi connectivity index (χ3n) is 5.50. The van der Waals surface area contributed by atoms with Crippen molar-refractivity contribution in [3.8, 4) is 11.5 Å². The van der Waals surface area contributed by atoms with Crippen LogP contribution in [0.15, 0.2) is 12.1 Å². The maximum Gasteiger partial charge on any atom is 0.231 e. The van der Waals surface area contributed by atoms with Gasteiger partial charge in [-0.1, -0.05) is 6.07 Å². The van der Waals surface area contributed by atoms with Gasteiger partial charge >= 0.3 is 0 Å². The van der Waals surface area contributed by atoms with Crippen LogP contribution in [0, 0.1) is 0 Å². The molecule has 0 unspecified atom stereocenters. The minimum absolute atomic E-state index is 0.158. The van der Waals surface area contributed by atoms with Crippen LogP contribution in [-0.4, -0.2) is 36.0 Å². The van der Waals surface area contributed by atoms with Gasteiger partial charge in [0, 0.05) is 24.1 Å². The van der Waals surface area contributed by atoms with Gasteiger partial charge in [-0.15, -0.1) is 0 Å². The molecule has 0 saturated heterocycles. The summed E-state index contributed by atoms with van der Waals surface area (Å²) >= 11 is 0. The van der Waals surface area contributed by atoms with Crippen LogP contribution in [0.3, 0.4) is 0 Å². The Morgan fingerprint density at radius 1 is 1.14 bits per heavy atom. The van der Waals surface area contributed by atoms with Gasteiger partial charge in [-0.25, -0.2) is 0 Å². The molecular weight excluding hydrogens is 266 g/mol. The van der Waals surface area contributed by atoms with Gasteiger partial charge in [0.1, 0.15) is 0 Å². The van der Waals surface area contributed by atoms with Crippen molar-refractivity contribution in [1.82, 2.24) is 4.90 Å². The predicted molar refractivity (Wildman–Crippen MR) is 79.7 cm³/mol. The predicted octanol–water partition coefficient (Wildman–Crippen LogP) is 2.42. The van der Waals surface area contributed by atoms with Crippen LogP contribution in [0.25, 0.3) is 0 Å². The Morgan fingerprint density at radius 3 is 2.67 bits per heavy atom. The van der Waals surface area contributed by atoms with E-state index in [9.17, 15) is 5.11 Å². The Bertz CT molecular complexity index is 572. The second-order valence-electron chi connectivity index (χ2n) is 7.28. The third-order valence-corrected chi connectivity index (χ3v) is 5.50. The monoisotopic (exact) mass is 289 g/mol. The lowest BCUT2D eigenvalue weighted by atomic mass is 9.63. The van der Waals surface area contributed by atoms with Crippen molar-refractivity contribution in [3.63, 3.8) is 0 Å². The first-order valence-corrected chi connectivity index (χ1v) is 7.82. The summed E-state index contributed by atoms with van der Waals surface area (Å²) in [5.74, 6) is 1.82. The molecule has 4 rings (SSSR count). The van der Waals surface area contributed by atoms with Gasteiger partial charge in [0.15, 0.2) is 11.5 Å². The quantitative estimate of drug-likeness (QED) is 0.796. The molecule has 0 amide bonds. The zero-order valence-electron chi connectivity index (χ0n) is 12.8. The fourth-order valence-corrected chi connectivity index (χ4v) is 4.31. The van der Waals surface area contributed by atoms with E-state index in [2.05, 4.69) is 24.1 Å². The van der Waals surface area contributed by atoms with Crippen molar-refractivity contribution in [2.45, 2.75) is 50.2 Å². The number of ether oxygens (including phenoxy) is 2. The maximum absolute atomic E-state index is 10.3. The average Bonchev–Trinajstić information content (AvgIpc) is 2.91. The molecule has 21 heavy (non-hydrogen) atoms. The summed E-state index contributed by atoms with van der Waals surface area (Å²) in [5.41, 5.74) is 2.37. The van der Waals surface area contributed by atoms with Crippen molar-refractivity contribution < 1.29 is 14.6 Å². The molecule has 1 fully saturated rings. The molecule has 1 aromatic carbocycles. The summed E-state index contributed by atoms with van der Waals surface area (Å²) in [5, 5.41) is 10.3. The van der Waals surface area contributed by atoms with E-state index in [4.69, 9.17) is 9.47 Å². The molecule has 0 aromatic heterocycles. The first-order chi connectivity index (χ1) is 9.99. The zero-order chi connectivity index (χ0) is 14.7. The highest BCUT2D eigenvalue weighted by Crippen LogP contribution is 2.51. The standard InChI is InChI=1S/C17H23NO3/c1-16(19)5-7-17(8-6-16)10-18(2)9-12-13(17)3-4-14-15(12)21-11-20-14/h3-4,19H,5-11H2,1-2H3/t16-,17-. The topological polar surface area (TPSA) is 41.9 Å². The lowest BCUT2D eigenvalue weighted by Crippen LogP contribution is -2.49. The smallest absolute Gasteiger partial charge is 0.231 e. The second kappa shape index (κ2) is 4.37. The lowest BCUT2D eigenvalue weighted by molar-refractivity contribution is -0.00886. The molecule has 1 aliphatic carbocycles. The normalized spacial score (nSPS) is 35.0. The van der Waals surface area contributed by atoms with Crippen LogP contribution in [-0.2, 0) is 12.0 Å². The molecule has 114 valence electrons. The second-order valence-corrected chi connectivity index (χ2v) is 7.28. The Balaban J connectivity index is 1.79. The lowest BCUT2D eigenvalue weighted by Gasteiger charge is -2.48. The number of benzene rings is 1. The molecule has 1 N–H and O–H groups in total. The highest BCUT2D eigenvalue weighted by Gasteiger charge is 2.45. The molecule has 1 aromatic rings. The van der Waals surface area contributed by atoms with Gasteiger partial charge in [-0.3, -0.25) is 0 Å². The number of aliphatic hydroxyl groups is 1. The summed E-state index contributed by atoms with van der Waals surface area (Å²) in [6.45, 7) is 4.28. The molecule has 1 saturated carbocycles. The fourth-order valence-electron chi connectivity index (χ4n) is 4.31. The molecule has 1 spiro atoms. The van der Waals surface area contributed by atoms with E-state index in [0.29, 0.717) is 6.79 Å². The fraction of sp³-hybridized carbons (Fsp3) is 0.647. The van der Waals surface area contributed by atoms with E-state index in [1.165, 1.54) is 11.1 Å². The van der Waals surface area contributed by atoms with Crippen LogP contribution in [0.2, 0.25) is 0 Å². The Hall–Kier alpha value is -1.26. The van der Waals surface area contributed by atoms with Crippen molar-refractivity contribution in [2.75, 3.05) is 20.4 Å². The number of rotatable bonds is 0. The van der Waals surface area contributed by atoms with Gasteiger partial charge in [0.05, 0.1) is 5.60 Å². The molecule has 4 nitrogen and oxygen atoms in total. The Morgan fingerprint density at radius 2 is 1.90 bits per heavy atom. The summed E-state index contributed by atoms with van der Waals surface area (Å²) in [4.78, 5) is 2.38. The minimum atomic E-state index is -0.502. The molecule has 3 aliphatic rings. The Kier molecular flexibility index (Phi) is 2.79. The van der Waals surface area contributed by atoms with E-state index in [1.54, 1.807) is 0 Å². The molecule has 0 bridgehead atoms. The highest BCUT2D eigenvalue weighted by atomic mass is 16.7. The van der Waals surface area contributed by atoms with Crippen molar-refractivity contribution in [1.29, 1.82) is 0 Å². The SMILES string of the molecule is CN1Cc2c3c(ccc2[C@]2(CC[C@](C)(O)CC2)C1)OCO3. The largest absolute Gasteiger partial charge is 0.454 e. The first-order valence-electron chi connectivity index (χ1n) is 7.82. The van der Waals surface area contributed by atoms with Gasteiger partial charge < -0.3 is 19.5 Å². The van der Waals surface area contributed by atoms with E-state index in [-0.39, 0.29) is 5.41 Å². The summed E-state index contributed by atoms with van der Waals surface area (Å²) in [6.07, 6.45) is 3.82. The minimum Gasteiger partial charge on any atom is -0.454 e. The van der Waals surface area contributed by atoms with Gasteiger partial charge in [-0.05, 0) is 51.3 Å². The molecule has 0 atom stereocenters. The molecule has 2 heterocycles. The number of nitrogens with zero attached hydrogens (tertiary/aromatic N) is 1. The first kappa shape index (κ1) is 13.4. The number of hydrogen-bond donors (Lipinski definition) is 1. The summed E-state index contributed by atoms with van der Waals surface area (Å²) < 4.78 is 11.2. The van der Waals surface area contributed by atoms with E-state index in [1.807, 2.05) is 6.92 Å². The number of likely N-dealkylation sites (N-methyl/N-ethyl adjacent to an activating group) is 1. The number of fused-ring (bicyclic) bond motifs is 4. The molecule has 0 radical (unpaired) electrons. The van der Waals surface area contributed by atoms with Crippen LogP contribution in [0.4, 0.5) is 0 Å². The van der Waals surface area contributed by atoms with Crippen molar-refractivity contribution in [3.05, 3.63) is 23.3 Å². The summed E-state index contributed by atoms with van der Waals surface area (Å²) in [7, 11) is 2.17. The van der Waals surface area contributed by atoms with Crippen LogP contribution >= 0.6 is 0 Å². The molecule has 2 aliphatic heterocycles. The van der Waals surface area contributed by atoms with Crippen molar-refractivity contribution in [2.24, 2.45) is 0 Å². The zero-order valence-corrected chi connectivity index (χ0v) is 12.8. The third kappa shape index (κ3) is 2.04. The number of hydrogen-bond acceptors (Lipinski definition) is 4. The van der Waals surface area contributed by atoms with Gasteiger partial charge in [0.2, 0.25) is 6.79 Å². The van der Waals surface area contributed by atoms with Gasteiger partial charge in [0.25, 0.3) is 0 Å². The van der Waals surface area contributed by atoms with E-state index < -0.39 is 5.60 Å². The van der Waals surface area contributed by atoms with Crippen LogP contribution < -0.4 is 9.47 Å². The Labute approximate surface area is 125 Å². The molecular formula is C17H23NO3. The van der Waals surface area contributed by atoms with Crippen LogP contribution in [0.5, 0.6) is 11.5 Å². The van der Waals surface area contributed by atoms with Crippen molar-refractivity contribution >= 4 is 0 Å². The van der Waals surface area contributed by atoms with E-state index >= 15 is 0 Å². The van der Waals surface area contributed by atoms with Gasteiger partial charge in [-0.2, -0.15) is 0 Å². The average molecular weight is 289 g/mol. The van der Waals surface area contributed by atoms with E-state index in [0.717, 1.165) is 50.3 Å².